The van der Waals surface area contributed by atoms with E-state index in [0.717, 1.165) is 11.1 Å². The van der Waals surface area contributed by atoms with Crippen LogP contribution in [0.1, 0.15) is 21.5 Å². The molecule has 2 aromatic heterocycles. The van der Waals surface area contributed by atoms with Gasteiger partial charge in [0.15, 0.2) is 5.65 Å². The molecule has 0 fully saturated rings. The summed E-state index contributed by atoms with van der Waals surface area (Å²) >= 11 is 1.32. The first-order chi connectivity index (χ1) is 14.5. The van der Waals surface area contributed by atoms with Crippen LogP contribution in [0.5, 0.6) is 0 Å². The molecular weight excluding hydrogens is 396 g/mol. The number of fused-ring (bicyclic) bond motifs is 1. The minimum absolute atomic E-state index is 0.144. The van der Waals surface area contributed by atoms with Crippen LogP contribution in [0.4, 0.5) is 11.5 Å². The predicted octanol–water partition coefficient (Wildman–Crippen LogP) is 4.13. The van der Waals surface area contributed by atoms with Crippen LogP contribution in [-0.4, -0.2) is 26.8 Å². The number of nitrogens with one attached hydrogen (secondary N) is 1. The van der Waals surface area contributed by atoms with E-state index in [2.05, 4.69) is 21.5 Å². The standard InChI is InChI=1S/C22H18N6OS/c1-13-8-10-15(11-9-13)25-21(29)17-20-26-18(14-6-4-3-5-7-14)16(12-23)19(24)28(20)27-22(17)30-2/h3-11H,24H2,1-2H3,(H,25,29). The number of aryl methyl sites for hydroxylation is 1. The molecule has 1 amide bonds. The summed E-state index contributed by atoms with van der Waals surface area (Å²) in [6, 6.07) is 18.9. The van der Waals surface area contributed by atoms with Crippen LogP contribution in [-0.2, 0) is 0 Å². The lowest BCUT2D eigenvalue weighted by Crippen LogP contribution is -2.14. The summed E-state index contributed by atoms with van der Waals surface area (Å²) < 4.78 is 1.36. The Hall–Kier alpha value is -3.83. The fourth-order valence-corrected chi connectivity index (χ4v) is 3.69. The molecule has 0 saturated carbocycles. The van der Waals surface area contributed by atoms with Crippen molar-refractivity contribution < 1.29 is 4.79 Å². The van der Waals surface area contributed by atoms with Crippen LogP contribution in [0.25, 0.3) is 16.9 Å². The molecule has 4 rings (SSSR count). The average Bonchev–Trinajstić information content (AvgIpc) is 3.15. The van der Waals surface area contributed by atoms with Crippen molar-refractivity contribution >= 4 is 34.8 Å². The number of benzene rings is 2. The van der Waals surface area contributed by atoms with Gasteiger partial charge in [-0.2, -0.15) is 14.9 Å². The van der Waals surface area contributed by atoms with Gasteiger partial charge in [-0.1, -0.05) is 48.0 Å². The SMILES string of the molecule is CSc1nn2c(N)c(C#N)c(-c3ccccc3)nc2c1C(=O)Nc1ccc(C)cc1. The molecule has 3 N–H and O–H groups in total. The highest BCUT2D eigenvalue weighted by molar-refractivity contribution is 7.98. The zero-order valence-corrected chi connectivity index (χ0v) is 17.2. The van der Waals surface area contributed by atoms with Gasteiger partial charge in [-0.15, -0.1) is 11.8 Å². The van der Waals surface area contributed by atoms with Crippen molar-refractivity contribution in [3.63, 3.8) is 0 Å². The normalized spacial score (nSPS) is 10.7. The topological polar surface area (TPSA) is 109 Å². The first kappa shape index (κ1) is 19.5. The number of nitrogens with two attached hydrogens (primary N) is 1. The van der Waals surface area contributed by atoms with E-state index in [-0.39, 0.29) is 17.3 Å². The summed E-state index contributed by atoms with van der Waals surface area (Å²) in [5.74, 6) is -0.195. The summed E-state index contributed by atoms with van der Waals surface area (Å²) in [6.45, 7) is 1.98. The Balaban J connectivity index is 1.91. The first-order valence-electron chi connectivity index (χ1n) is 9.13. The van der Waals surface area contributed by atoms with Gasteiger partial charge in [-0.3, -0.25) is 4.79 Å². The highest BCUT2D eigenvalue weighted by Gasteiger charge is 2.25. The van der Waals surface area contributed by atoms with Crippen LogP contribution in [0.3, 0.4) is 0 Å². The van der Waals surface area contributed by atoms with Gasteiger partial charge in [0.05, 0.1) is 5.69 Å². The smallest absolute Gasteiger partial charge is 0.262 e. The molecule has 0 spiro atoms. The van der Waals surface area contributed by atoms with Gasteiger partial charge in [-0.25, -0.2) is 4.98 Å². The lowest BCUT2D eigenvalue weighted by molar-refractivity contribution is 0.102. The summed E-state index contributed by atoms with van der Waals surface area (Å²) in [5.41, 5.74) is 10.0. The Morgan fingerprint density at radius 3 is 2.50 bits per heavy atom. The molecule has 2 aromatic carbocycles. The lowest BCUT2D eigenvalue weighted by atomic mass is 10.1. The molecule has 0 saturated heterocycles. The molecule has 0 aliphatic carbocycles. The number of rotatable bonds is 4. The molecular formula is C22H18N6OS. The number of nitrogen functional groups attached to an aromatic ring is 1. The number of nitrogens with zero attached hydrogens (tertiary/aromatic N) is 4. The van der Waals surface area contributed by atoms with Gasteiger partial charge < -0.3 is 11.1 Å². The number of amides is 1. The molecule has 7 nitrogen and oxygen atoms in total. The monoisotopic (exact) mass is 414 g/mol. The van der Waals surface area contributed by atoms with E-state index in [1.165, 1.54) is 16.3 Å². The number of nitriles is 1. The van der Waals surface area contributed by atoms with E-state index >= 15 is 0 Å². The van der Waals surface area contributed by atoms with Crippen molar-refractivity contribution in [2.45, 2.75) is 11.9 Å². The van der Waals surface area contributed by atoms with Gasteiger partial charge in [0.2, 0.25) is 0 Å². The second-order valence-electron chi connectivity index (χ2n) is 6.64. The van der Waals surface area contributed by atoms with Crippen LogP contribution >= 0.6 is 11.8 Å². The van der Waals surface area contributed by atoms with E-state index in [9.17, 15) is 10.1 Å². The Labute approximate surface area is 177 Å². The van der Waals surface area contributed by atoms with Crippen LogP contribution < -0.4 is 11.1 Å². The molecule has 4 aromatic rings. The third-order valence-electron chi connectivity index (χ3n) is 4.66. The minimum Gasteiger partial charge on any atom is -0.382 e. The van der Waals surface area contributed by atoms with Crippen molar-refractivity contribution in [1.29, 1.82) is 5.26 Å². The Kier molecular flexibility index (Phi) is 5.12. The Morgan fingerprint density at radius 1 is 1.17 bits per heavy atom. The van der Waals surface area contributed by atoms with Gasteiger partial charge in [0.25, 0.3) is 5.91 Å². The number of hydrogen-bond acceptors (Lipinski definition) is 6. The maximum atomic E-state index is 13.1. The van der Waals surface area contributed by atoms with Crippen molar-refractivity contribution in [1.82, 2.24) is 14.6 Å². The summed E-state index contributed by atoms with van der Waals surface area (Å²) in [5, 5.41) is 17.5. The van der Waals surface area contributed by atoms with Crippen molar-refractivity contribution in [3.8, 4) is 17.3 Å². The third kappa shape index (κ3) is 3.36. The minimum atomic E-state index is -0.339. The van der Waals surface area contributed by atoms with Crippen molar-refractivity contribution in [2.24, 2.45) is 0 Å². The Morgan fingerprint density at radius 2 is 1.87 bits per heavy atom. The van der Waals surface area contributed by atoms with Crippen molar-refractivity contribution in [2.75, 3.05) is 17.3 Å². The molecule has 8 heteroatoms. The number of thioether (sulfide) groups is 1. The van der Waals surface area contributed by atoms with Crippen LogP contribution in [0, 0.1) is 18.3 Å². The molecule has 0 radical (unpaired) electrons. The van der Waals surface area contributed by atoms with E-state index in [4.69, 9.17) is 5.73 Å². The maximum Gasteiger partial charge on any atom is 0.262 e. The second kappa shape index (κ2) is 7.89. The first-order valence-corrected chi connectivity index (χ1v) is 10.4. The largest absolute Gasteiger partial charge is 0.382 e. The molecule has 2 heterocycles. The highest BCUT2D eigenvalue weighted by atomic mass is 32.2. The molecule has 0 unspecified atom stereocenters. The van der Waals surface area contributed by atoms with Gasteiger partial charge in [-0.05, 0) is 25.3 Å². The number of aromatic nitrogens is 3. The maximum absolute atomic E-state index is 13.1. The molecule has 0 bridgehead atoms. The zero-order chi connectivity index (χ0) is 21.3. The Bertz CT molecular complexity index is 1290. The quantitative estimate of drug-likeness (QED) is 0.486. The summed E-state index contributed by atoms with van der Waals surface area (Å²) in [4.78, 5) is 17.8. The number of carbonyl (C=O) groups is 1. The molecule has 0 atom stereocenters. The molecule has 0 aliphatic rings. The van der Waals surface area contributed by atoms with Crippen LogP contribution in [0.2, 0.25) is 0 Å². The van der Waals surface area contributed by atoms with Crippen molar-refractivity contribution in [3.05, 3.63) is 71.3 Å². The van der Waals surface area contributed by atoms with Gasteiger partial charge in [0, 0.05) is 11.3 Å². The van der Waals surface area contributed by atoms with E-state index < -0.39 is 0 Å². The van der Waals surface area contributed by atoms with E-state index in [1.807, 2.05) is 67.8 Å². The molecule has 30 heavy (non-hydrogen) atoms. The van der Waals surface area contributed by atoms with Crippen LogP contribution in [0.15, 0.2) is 59.6 Å². The van der Waals surface area contributed by atoms with Gasteiger partial charge >= 0.3 is 0 Å². The molecule has 0 aliphatic heterocycles. The number of anilines is 2. The van der Waals surface area contributed by atoms with E-state index in [0.29, 0.717) is 27.6 Å². The molecule has 148 valence electrons. The predicted molar refractivity (Wildman–Crippen MR) is 118 cm³/mol. The number of hydrogen-bond donors (Lipinski definition) is 2. The fourth-order valence-electron chi connectivity index (χ4n) is 3.14. The van der Waals surface area contributed by atoms with E-state index in [1.54, 1.807) is 0 Å². The van der Waals surface area contributed by atoms with Gasteiger partial charge in [0.1, 0.15) is 28.0 Å². The summed E-state index contributed by atoms with van der Waals surface area (Å²) in [6.07, 6.45) is 1.82. The zero-order valence-electron chi connectivity index (χ0n) is 16.4. The fraction of sp³-hybridized carbons (Fsp3) is 0.0909. The third-order valence-corrected chi connectivity index (χ3v) is 5.33. The number of carbonyl (C=O) groups excluding carboxylic acids is 1. The highest BCUT2D eigenvalue weighted by Crippen LogP contribution is 2.31. The lowest BCUT2D eigenvalue weighted by Gasteiger charge is -2.09. The second-order valence-corrected chi connectivity index (χ2v) is 7.43. The average molecular weight is 414 g/mol. The summed E-state index contributed by atoms with van der Waals surface area (Å²) in [7, 11) is 0.